The van der Waals surface area contributed by atoms with E-state index in [1.807, 2.05) is 4.68 Å². The predicted molar refractivity (Wildman–Crippen MR) is 58.6 cm³/mol. The number of rotatable bonds is 3. The number of nitrogens with zero attached hydrogens (tertiary/aromatic N) is 5. The van der Waals surface area contributed by atoms with Crippen molar-refractivity contribution in [2.45, 2.75) is 33.7 Å². The molecule has 5 nitrogen and oxygen atoms in total. The molecule has 1 aromatic rings. The lowest BCUT2D eigenvalue weighted by Crippen LogP contribution is -2.24. The van der Waals surface area contributed by atoms with E-state index >= 15 is 0 Å². The third kappa shape index (κ3) is 1.96. The van der Waals surface area contributed by atoms with Gasteiger partial charge in [-0.2, -0.15) is 0 Å². The largest absolute Gasteiger partial charge is 0.339 e. The fourth-order valence-electron chi connectivity index (χ4n) is 2.14. The van der Waals surface area contributed by atoms with Gasteiger partial charge in [0.1, 0.15) is 0 Å². The van der Waals surface area contributed by atoms with Crippen molar-refractivity contribution in [1.29, 1.82) is 0 Å². The molecule has 1 aromatic heterocycles. The SMILES string of the molecule is CCn1nnnc1N1CC[C@H](C(C)C)C1. The lowest BCUT2D eigenvalue weighted by Gasteiger charge is -2.17. The van der Waals surface area contributed by atoms with Gasteiger partial charge in [0.05, 0.1) is 0 Å². The summed E-state index contributed by atoms with van der Waals surface area (Å²) in [5.74, 6) is 2.47. The summed E-state index contributed by atoms with van der Waals surface area (Å²) in [7, 11) is 0. The quantitative estimate of drug-likeness (QED) is 0.750. The Bertz CT molecular complexity index is 319. The van der Waals surface area contributed by atoms with Gasteiger partial charge in [-0.25, -0.2) is 4.68 Å². The van der Waals surface area contributed by atoms with Crippen LogP contribution in [0.2, 0.25) is 0 Å². The van der Waals surface area contributed by atoms with E-state index in [-0.39, 0.29) is 0 Å². The summed E-state index contributed by atoms with van der Waals surface area (Å²) in [5.41, 5.74) is 0. The second-order valence-electron chi connectivity index (χ2n) is 4.53. The molecule has 2 heterocycles. The molecule has 1 aliphatic heterocycles. The van der Waals surface area contributed by atoms with Gasteiger partial charge in [0.25, 0.3) is 0 Å². The van der Waals surface area contributed by atoms with Crippen molar-refractivity contribution in [3.05, 3.63) is 0 Å². The van der Waals surface area contributed by atoms with Crippen LogP contribution in [0.3, 0.4) is 0 Å². The number of anilines is 1. The van der Waals surface area contributed by atoms with Gasteiger partial charge in [0.15, 0.2) is 0 Å². The van der Waals surface area contributed by atoms with Crippen LogP contribution in [0.15, 0.2) is 0 Å². The smallest absolute Gasteiger partial charge is 0.245 e. The molecule has 2 rings (SSSR count). The first-order valence-corrected chi connectivity index (χ1v) is 5.73. The molecule has 1 saturated heterocycles. The zero-order valence-electron chi connectivity index (χ0n) is 9.72. The fraction of sp³-hybridized carbons (Fsp3) is 0.900. The van der Waals surface area contributed by atoms with Crippen LogP contribution < -0.4 is 4.90 Å². The van der Waals surface area contributed by atoms with Crippen LogP contribution in [-0.2, 0) is 6.54 Å². The monoisotopic (exact) mass is 209 g/mol. The van der Waals surface area contributed by atoms with Crippen LogP contribution in [0.25, 0.3) is 0 Å². The van der Waals surface area contributed by atoms with Crippen LogP contribution in [0, 0.1) is 11.8 Å². The predicted octanol–water partition coefficient (Wildman–Crippen LogP) is 1.18. The Morgan fingerprint density at radius 3 is 2.87 bits per heavy atom. The fourth-order valence-corrected chi connectivity index (χ4v) is 2.14. The topological polar surface area (TPSA) is 46.8 Å². The third-order valence-electron chi connectivity index (χ3n) is 3.26. The Kier molecular flexibility index (Phi) is 2.88. The minimum Gasteiger partial charge on any atom is -0.339 e. The molecule has 15 heavy (non-hydrogen) atoms. The molecule has 5 heteroatoms. The highest BCUT2D eigenvalue weighted by Gasteiger charge is 2.27. The maximum absolute atomic E-state index is 4.09. The zero-order chi connectivity index (χ0) is 10.8. The number of aryl methyl sites for hydroxylation is 1. The molecule has 1 fully saturated rings. The molecule has 0 aliphatic carbocycles. The Morgan fingerprint density at radius 2 is 2.27 bits per heavy atom. The standard InChI is InChI=1S/C10H19N5/c1-4-15-10(11-12-13-15)14-6-5-9(7-14)8(2)3/h8-9H,4-7H2,1-3H3/t9-/m0/s1. The first kappa shape index (κ1) is 10.4. The number of hydrogen-bond acceptors (Lipinski definition) is 4. The summed E-state index contributed by atoms with van der Waals surface area (Å²) in [6.07, 6.45) is 1.26. The minimum atomic E-state index is 0.751. The Morgan fingerprint density at radius 1 is 1.47 bits per heavy atom. The molecule has 0 spiro atoms. The molecule has 0 N–H and O–H groups in total. The summed E-state index contributed by atoms with van der Waals surface area (Å²) in [4.78, 5) is 2.30. The van der Waals surface area contributed by atoms with Gasteiger partial charge >= 0.3 is 0 Å². The van der Waals surface area contributed by atoms with Crippen LogP contribution in [-0.4, -0.2) is 33.3 Å². The molecule has 0 bridgehead atoms. The molecule has 1 aliphatic rings. The first-order chi connectivity index (χ1) is 7.22. The van der Waals surface area contributed by atoms with E-state index < -0.39 is 0 Å². The van der Waals surface area contributed by atoms with Crippen molar-refractivity contribution in [2.75, 3.05) is 18.0 Å². The zero-order valence-corrected chi connectivity index (χ0v) is 9.72. The van der Waals surface area contributed by atoms with Crippen LogP contribution in [0.1, 0.15) is 27.2 Å². The van der Waals surface area contributed by atoms with Gasteiger partial charge in [0.2, 0.25) is 5.95 Å². The second kappa shape index (κ2) is 4.16. The molecule has 1 atom stereocenters. The van der Waals surface area contributed by atoms with E-state index in [2.05, 4.69) is 41.2 Å². The number of tetrazole rings is 1. The molecule has 0 radical (unpaired) electrons. The van der Waals surface area contributed by atoms with E-state index in [1.165, 1.54) is 6.42 Å². The van der Waals surface area contributed by atoms with Crippen molar-refractivity contribution < 1.29 is 0 Å². The van der Waals surface area contributed by atoms with Gasteiger partial charge in [0, 0.05) is 19.6 Å². The molecular weight excluding hydrogens is 190 g/mol. The molecule has 0 unspecified atom stereocenters. The van der Waals surface area contributed by atoms with Gasteiger partial charge < -0.3 is 4.90 Å². The number of hydrogen-bond donors (Lipinski definition) is 0. The Hall–Kier alpha value is -1.13. The molecule has 0 amide bonds. The maximum atomic E-state index is 4.09. The highest BCUT2D eigenvalue weighted by Crippen LogP contribution is 2.26. The van der Waals surface area contributed by atoms with Crippen LogP contribution in [0.4, 0.5) is 5.95 Å². The maximum Gasteiger partial charge on any atom is 0.245 e. The van der Waals surface area contributed by atoms with Gasteiger partial charge in [-0.15, -0.1) is 0 Å². The van der Waals surface area contributed by atoms with Gasteiger partial charge in [-0.3, -0.25) is 0 Å². The van der Waals surface area contributed by atoms with Crippen molar-refractivity contribution in [1.82, 2.24) is 20.2 Å². The van der Waals surface area contributed by atoms with E-state index in [9.17, 15) is 0 Å². The van der Waals surface area contributed by atoms with E-state index in [0.29, 0.717) is 0 Å². The average Bonchev–Trinajstić information content (AvgIpc) is 2.85. The van der Waals surface area contributed by atoms with Gasteiger partial charge in [-0.1, -0.05) is 18.9 Å². The minimum absolute atomic E-state index is 0.751. The first-order valence-electron chi connectivity index (χ1n) is 5.73. The summed E-state index contributed by atoms with van der Waals surface area (Å²) >= 11 is 0. The molecule has 0 saturated carbocycles. The molecular formula is C10H19N5. The average molecular weight is 209 g/mol. The lowest BCUT2D eigenvalue weighted by atomic mass is 9.95. The molecule has 84 valence electrons. The van der Waals surface area contributed by atoms with Crippen LogP contribution in [0.5, 0.6) is 0 Å². The number of aromatic nitrogens is 4. The Labute approximate surface area is 90.5 Å². The van der Waals surface area contributed by atoms with Gasteiger partial charge in [-0.05, 0) is 35.6 Å². The highest BCUT2D eigenvalue weighted by atomic mass is 15.6. The van der Waals surface area contributed by atoms with E-state index in [0.717, 1.165) is 37.4 Å². The summed E-state index contributed by atoms with van der Waals surface area (Å²) in [6.45, 7) is 9.66. The van der Waals surface area contributed by atoms with Crippen molar-refractivity contribution in [2.24, 2.45) is 11.8 Å². The third-order valence-corrected chi connectivity index (χ3v) is 3.26. The summed E-state index contributed by atoms with van der Waals surface area (Å²) < 4.78 is 1.86. The van der Waals surface area contributed by atoms with Crippen molar-refractivity contribution >= 4 is 5.95 Å². The lowest BCUT2D eigenvalue weighted by molar-refractivity contribution is 0.422. The summed E-state index contributed by atoms with van der Waals surface area (Å²) in [6, 6.07) is 0. The van der Waals surface area contributed by atoms with E-state index in [4.69, 9.17) is 0 Å². The van der Waals surface area contributed by atoms with Crippen molar-refractivity contribution in [3.63, 3.8) is 0 Å². The molecule has 0 aromatic carbocycles. The normalized spacial score (nSPS) is 21.6. The second-order valence-corrected chi connectivity index (χ2v) is 4.53. The Balaban J connectivity index is 2.07. The van der Waals surface area contributed by atoms with E-state index in [1.54, 1.807) is 0 Å². The van der Waals surface area contributed by atoms with Crippen LogP contribution >= 0.6 is 0 Å². The summed E-state index contributed by atoms with van der Waals surface area (Å²) in [5, 5.41) is 11.8. The van der Waals surface area contributed by atoms with Crippen molar-refractivity contribution in [3.8, 4) is 0 Å². The highest BCUT2D eigenvalue weighted by molar-refractivity contribution is 5.29.